The molecular weight excluding hydrogens is 388 g/mol. The Bertz CT molecular complexity index is 1300. The molecule has 2 atom stereocenters. The number of fused-ring (bicyclic) bond motifs is 3. The predicted octanol–water partition coefficient (Wildman–Crippen LogP) is 7.69. The summed E-state index contributed by atoms with van der Waals surface area (Å²) >= 11 is 0. The van der Waals surface area contributed by atoms with Gasteiger partial charge >= 0.3 is 0 Å². The molecule has 0 radical (unpaired) electrons. The van der Waals surface area contributed by atoms with E-state index < -0.39 is 0 Å². The van der Waals surface area contributed by atoms with Crippen molar-refractivity contribution >= 4 is 18.2 Å². The molecule has 3 aromatic rings. The van der Waals surface area contributed by atoms with Crippen molar-refractivity contribution in [1.29, 1.82) is 0 Å². The number of allylic oxidation sites excluding steroid dienone is 2. The van der Waals surface area contributed by atoms with Gasteiger partial charge in [0.25, 0.3) is 0 Å². The highest BCUT2D eigenvalue weighted by atomic mass is 16.5. The Morgan fingerprint density at radius 2 is 1.78 bits per heavy atom. The van der Waals surface area contributed by atoms with Gasteiger partial charge in [-0.25, -0.2) is 0 Å². The summed E-state index contributed by atoms with van der Waals surface area (Å²) in [6.45, 7) is 4.47. The zero-order chi connectivity index (χ0) is 21.7. The van der Waals surface area contributed by atoms with Crippen LogP contribution in [0.3, 0.4) is 0 Å². The van der Waals surface area contributed by atoms with Gasteiger partial charge in [0.15, 0.2) is 0 Å². The lowest BCUT2D eigenvalue weighted by Gasteiger charge is -2.22. The summed E-state index contributed by atoms with van der Waals surface area (Å²) in [5, 5.41) is 0. The lowest BCUT2D eigenvalue weighted by atomic mass is 9.85. The second kappa shape index (κ2) is 7.67. The van der Waals surface area contributed by atoms with E-state index in [2.05, 4.69) is 98.8 Å². The maximum absolute atomic E-state index is 6.65. The van der Waals surface area contributed by atoms with Gasteiger partial charge in [-0.3, -0.25) is 0 Å². The largest absolute Gasteiger partial charge is 0.481 e. The highest BCUT2D eigenvalue weighted by Gasteiger charge is 2.29. The van der Waals surface area contributed by atoms with Gasteiger partial charge in [0.2, 0.25) is 0 Å². The van der Waals surface area contributed by atoms with Crippen LogP contribution in [0.25, 0.3) is 18.2 Å². The van der Waals surface area contributed by atoms with E-state index in [1.807, 2.05) is 0 Å². The Balaban J connectivity index is 1.41. The fourth-order valence-electron chi connectivity index (χ4n) is 5.52. The molecular formula is C31H28O. The molecule has 2 unspecified atom stereocenters. The molecule has 3 aliphatic rings. The third-order valence-electron chi connectivity index (χ3n) is 7.24. The van der Waals surface area contributed by atoms with E-state index in [4.69, 9.17) is 4.74 Å². The zero-order valence-corrected chi connectivity index (χ0v) is 18.8. The van der Waals surface area contributed by atoms with Crippen LogP contribution >= 0.6 is 0 Å². The summed E-state index contributed by atoms with van der Waals surface area (Å²) in [6.07, 6.45) is 16.7. The standard InChI is InChI=1S/C31H28O/c1-3-20-11-12-23-14-16-26(28(23)19-20)25-15-13-21(4-2)31-27(25)17-18-30(31)32-29-10-6-8-22-7-5-9-24(22)29/h5-6,8-19,26,30H,3-4,7H2,1-2H3. The van der Waals surface area contributed by atoms with Crippen molar-refractivity contribution in [2.24, 2.45) is 0 Å². The molecule has 158 valence electrons. The molecule has 6 rings (SSSR count). The first-order valence-electron chi connectivity index (χ1n) is 11.9. The fourth-order valence-corrected chi connectivity index (χ4v) is 5.52. The Labute approximate surface area is 190 Å². The van der Waals surface area contributed by atoms with Crippen LogP contribution in [0.15, 0.2) is 66.8 Å². The van der Waals surface area contributed by atoms with Crippen molar-refractivity contribution < 1.29 is 4.74 Å². The maximum atomic E-state index is 6.65. The summed E-state index contributed by atoms with van der Waals surface area (Å²) in [7, 11) is 0. The van der Waals surface area contributed by atoms with Crippen molar-refractivity contribution in [3.8, 4) is 5.75 Å². The Hall–Kier alpha value is -3.32. The Morgan fingerprint density at radius 1 is 0.844 bits per heavy atom. The molecule has 32 heavy (non-hydrogen) atoms. The molecule has 1 heteroatoms. The van der Waals surface area contributed by atoms with E-state index in [-0.39, 0.29) is 6.10 Å². The highest BCUT2D eigenvalue weighted by Crippen LogP contribution is 2.44. The third kappa shape index (κ3) is 2.99. The lowest BCUT2D eigenvalue weighted by molar-refractivity contribution is 0.257. The SMILES string of the molecule is CCc1ccc2c(c1)C(c1ccc(CC)c3c1C=CC3Oc1cccc3c1C=CC3)C=C2. The van der Waals surface area contributed by atoms with E-state index in [9.17, 15) is 0 Å². The van der Waals surface area contributed by atoms with E-state index in [1.54, 1.807) is 0 Å². The quantitative estimate of drug-likeness (QED) is 0.414. The molecule has 0 N–H and O–H groups in total. The van der Waals surface area contributed by atoms with Crippen LogP contribution in [0.1, 0.15) is 75.9 Å². The molecule has 0 fully saturated rings. The summed E-state index contributed by atoms with van der Waals surface area (Å²) in [6, 6.07) is 18.0. The van der Waals surface area contributed by atoms with E-state index in [0.29, 0.717) is 5.92 Å². The Morgan fingerprint density at radius 3 is 2.66 bits per heavy atom. The predicted molar refractivity (Wildman–Crippen MR) is 134 cm³/mol. The first-order valence-corrected chi connectivity index (χ1v) is 11.9. The molecule has 0 bridgehead atoms. The molecule has 0 aromatic heterocycles. The third-order valence-corrected chi connectivity index (χ3v) is 7.24. The van der Waals surface area contributed by atoms with E-state index in [1.165, 1.54) is 50.1 Å². The second-order valence-electron chi connectivity index (χ2n) is 8.98. The van der Waals surface area contributed by atoms with Gasteiger partial charge in [-0.1, -0.05) is 86.7 Å². The minimum atomic E-state index is -0.0350. The zero-order valence-electron chi connectivity index (χ0n) is 18.8. The average Bonchev–Trinajstić information content (AvgIpc) is 3.57. The minimum Gasteiger partial charge on any atom is -0.481 e. The van der Waals surface area contributed by atoms with Crippen LogP contribution in [0.5, 0.6) is 5.75 Å². The van der Waals surface area contributed by atoms with Gasteiger partial charge in [0, 0.05) is 17.0 Å². The molecule has 0 amide bonds. The molecule has 3 aromatic carbocycles. The number of ether oxygens (including phenoxy) is 1. The van der Waals surface area contributed by atoms with Crippen LogP contribution in [-0.4, -0.2) is 0 Å². The van der Waals surface area contributed by atoms with Crippen LogP contribution in [0, 0.1) is 0 Å². The smallest absolute Gasteiger partial charge is 0.143 e. The molecule has 0 saturated heterocycles. The van der Waals surface area contributed by atoms with Crippen molar-refractivity contribution in [2.75, 3.05) is 0 Å². The van der Waals surface area contributed by atoms with Gasteiger partial charge in [-0.2, -0.15) is 0 Å². The van der Waals surface area contributed by atoms with Gasteiger partial charge in [-0.15, -0.1) is 0 Å². The average molecular weight is 417 g/mol. The minimum absolute atomic E-state index is 0.0350. The number of rotatable bonds is 5. The summed E-state index contributed by atoms with van der Waals surface area (Å²) in [5.41, 5.74) is 12.2. The molecule has 0 saturated carbocycles. The lowest BCUT2D eigenvalue weighted by Crippen LogP contribution is -2.09. The van der Waals surface area contributed by atoms with Gasteiger partial charge in [0.1, 0.15) is 11.9 Å². The molecule has 0 spiro atoms. The van der Waals surface area contributed by atoms with Crippen LogP contribution < -0.4 is 4.74 Å². The van der Waals surface area contributed by atoms with Crippen LogP contribution in [0.2, 0.25) is 0 Å². The second-order valence-corrected chi connectivity index (χ2v) is 8.98. The van der Waals surface area contributed by atoms with Gasteiger partial charge in [-0.05, 0) is 70.3 Å². The summed E-state index contributed by atoms with van der Waals surface area (Å²) < 4.78 is 6.65. The summed E-state index contributed by atoms with van der Waals surface area (Å²) in [4.78, 5) is 0. The number of aryl methyl sites for hydroxylation is 2. The number of benzene rings is 3. The first kappa shape index (κ1) is 19.4. The molecule has 1 nitrogen and oxygen atoms in total. The maximum Gasteiger partial charge on any atom is 0.143 e. The normalized spacial score (nSPS) is 19.3. The number of hydrogen-bond donors (Lipinski definition) is 0. The van der Waals surface area contributed by atoms with Crippen molar-refractivity contribution in [2.45, 2.75) is 45.1 Å². The Kier molecular flexibility index (Phi) is 4.64. The summed E-state index contributed by atoms with van der Waals surface area (Å²) in [5.74, 6) is 1.30. The topological polar surface area (TPSA) is 9.23 Å². The highest BCUT2D eigenvalue weighted by molar-refractivity contribution is 5.74. The van der Waals surface area contributed by atoms with E-state index >= 15 is 0 Å². The van der Waals surface area contributed by atoms with Gasteiger partial charge < -0.3 is 4.74 Å². The monoisotopic (exact) mass is 416 g/mol. The van der Waals surface area contributed by atoms with Crippen LogP contribution in [-0.2, 0) is 19.3 Å². The van der Waals surface area contributed by atoms with E-state index in [0.717, 1.165) is 25.0 Å². The van der Waals surface area contributed by atoms with Crippen molar-refractivity contribution in [3.05, 3.63) is 117 Å². The van der Waals surface area contributed by atoms with Gasteiger partial charge in [0.05, 0.1) is 0 Å². The fraction of sp³-hybridized carbons (Fsp3) is 0.226. The molecule has 0 heterocycles. The molecule has 0 aliphatic heterocycles. The van der Waals surface area contributed by atoms with Crippen molar-refractivity contribution in [1.82, 2.24) is 0 Å². The van der Waals surface area contributed by atoms with Crippen LogP contribution in [0.4, 0.5) is 0 Å². The van der Waals surface area contributed by atoms with Crippen molar-refractivity contribution in [3.63, 3.8) is 0 Å². The molecule has 3 aliphatic carbocycles. The first-order chi connectivity index (χ1) is 15.8. The number of hydrogen-bond acceptors (Lipinski definition) is 1.